The van der Waals surface area contributed by atoms with Crippen LogP contribution in [0.5, 0.6) is 0 Å². The van der Waals surface area contributed by atoms with Gasteiger partial charge in [0.1, 0.15) is 0 Å². The zero-order chi connectivity index (χ0) is 23.9. The van der Waals surface area contributed by atoms with Gasteiger partial charge >= 0.3 is 0 Å². The van der Waals surface area contributed by atoms with Crippen LogP contribution in [-0.2, 0) is 0 Å². The zero-order valence-electron chi connectivity index (χ0n) is 19.5. The fourth-order valence-corrected chi connectivity index (χ4v) is 6.97. The summed E-state index contributed by atoms with van der Waals surface area (Å²) < 4.78 is 5.38. The van der Waals surface area contributed by atoms with Gasteiger partial charge < -0.3 is 0 Å². The number of thiophene rings is 2. The van der Waals surface area contributed by atoms with E-state index in [1.54, 1.807) is 0 Å². The van der Waals surface area contributed by atoms with Crippen molar-refractivity contribution in [1.29, 1.82) is 0 Å². The van der Waals surface area contributed by atoms with Crippen LogP contribution in [0.25, 0.3) is 64.6 Å². The van der Waals surface area contributed by atoms with E-state index in [9.17, 15) is 0 Å². The Bertz CT molecular complexity index is 1790. The normalized spacial score (nSPS) is 12.2. The minimum absolute atomic E-state index is 1.20. The van der Waals surface area contributed by atoms with Crippen LogP contribution in [0.3, 0.4) is 0 Å². The number of benzene rings is 5. The van der Waals surface area contributed by atoms with Gasteiger partial charge in [0.2, 0.25) is 0 Å². The van der Waals surface area contributed by atoms with Gasteiger partial charge in [-0.15, -0.1) is 22.7 Å². The summed E-state index contributed by atoms with van der Waals surface area (Å²) in [6.45, 7) is 0. The van der Waals surface area contributed by atoms with Gasteiger partial charge in [-0.1, -0.05) is 97.1 Å². The zero-order valence-corrected chi connectivity index (χ0v) is 21.2. The summed E-state index contributed by atoms with van der Waals surface area (Å²) in [5, 5.41) is 5.36. The summed E-state index contributed by atoms with van der Waals surface area (Å²) in [6.07, 6.45) is 8.80. The molecule has 0 amide bonds. The standard InChI is InChI=1S/C34H22S2/c1-3-7-31-27(5-1)29-21-25(17-19-33(29)35-31)15-13-23-9-11-24(12-10-23)14-16-26-18-20-34-30(22-26)28-6-2-4-8-32(28)36-34/h1-22H/b15-13+,16-14+. The van der Waals surface area contributed by atoms with Gasteiger partial charge in [-0.3, -0.25) is 0 Å². The van der Waals surface area contributed by atoms with Crippen LogP contribution in [0.4, 0.5) is 0 Å². The van der Waals surface area contributed by atoms with E-state index < -0.39 is 0 Å². The Labute approximate surface area is 218 Å². The van der Waals surface area contributed by atoms with E-state index in [4.69, 9.17) is 0 Å². The molecule has 2 aromatic heterocycles. The largest absolute Gasteiger partial charge is 0.135 e. The van der Waals surface area contributed by atoms with E-state index >= 15 is 0 Å². The van der Waals surface area contributed by atoms with Crippen molar-refractivity contribution in [1.82, 2.24) is 0 Å². The number of hydrogen-bond acceptors (Lipinski definition) is 2. The first-order valence-corrected chi connectivity index (χ1v) is 13.7. The van der Waals surface area contributed by atoms with E-state index in [1.807, 2.05) is 22.7 Å². The molecule has 0 saturated heterocycles. The highest BCUT2D eigenvalue weighted by molar-refractivity contribution is 7.26. The lowest BCUT2D eigenvalue weighted by Gasteiger charge is -1.99. The highest BCUT2D eigenvalue weighted by Gasteiger charge is 2.05. The first-order valence-electron chi connectivity index (χ1n) is 12.1. The maximum atomic E-state index is 2.30. The molecule has 0 nitrogen and oxygen atoms in total. The Hall–Kier alpha value is -3.98. The van der Waals surface area contributed by atoms with Crippen LogP contribution in [0.1, 0.15) is 22.3 Å². The van der Waals surface area contributed by atoms with Gasteiger partial charge in [0, 0.05) is 40.3 Å². The molecule has 0 N–H and O–H groups in total. The molecule has 0 aliphatic rings. The Kier molecular flexibility index (Phi) is 5.27. The highest BCUT2D eigenvalue weighted by atomic mass is 32.1. The van der Waals surface area contributed by atoms with Crippen molar-refractivity contribution in [3.8, 4) is 0 Å². The van der Waals surface area contributed by atoms with Crippen LogP contribution in [0.15, 0.2) is 109 Å². The second kappa shape index (κ2) is 8.91. The predicted molar refractivity (Wildman–Crippen MR) is 163 cm³/mol. The average Bonchev–Trinajstić information content (AvgIpc) is 3.49. The van der Waals surface area contributed by atoms with Crippen LogP contribution in [-0.4, -0.2) is 0 Å². The van der Waals surface area contributed by atoms with E-state index in [0.717, 1.165) is 0 Å². The molecule has 7 rings (SSSR count). The maximum absolute atomic E-state index is 2.30. The van der Waals surface area contributed by atoms with E-state index in [2.05, 4.69) is 133 Å². The average molecular weight is 495 g/mol. The van der Waals surface area contributed by atoms with Crippen molar-refractivity contribution < 1.29 is 0 Å². The molecule has 5 aromatic carbocycles. The summed E-state index contributed by atoms with van der Waals surface area (Å²) >= 11 is 3.72. The summed E-state index contributed by atoms with van der Waals surface area (Å²) in [4.78, 5) is 0. The lowest BCUT2D eigenvalue weighted by molar-refractivity contribution is 1.62. The Morgan fingerprint density at radius 1 is 0.333 bits per heavy atom. The molecule has 2 heteroatoms. The summed E-state index contributed by atoms with van der Waals surface area (Å²) in [6, 6.07) is 39.5. The van der Waals surface area contributed by atoms with Crippen molar-refractivity contribution in [2.24, 2.45) is 0 Å². The van der Waals surface area contributed by atoms with E-state index in [0.29, 0.717) is 0 Å². The van der Waals surface area contributed by atoms with Gasteiger partial charge in [-0.25, -0.2) is 0 Å². The van der Waals surface area contributed by atoms with Crippen molar-refractivity contribution in [2.45, 2.75) is 0 Å². The second-order valence-corrected chi connectivity index (χ2v) is 11.2. The van der Waals surface area contributed by atoms with Crippen LogP contribution < -0.4 is 0 Å². The molecule has 170 valence electrons. The first-order chi connectivity index (χ1) is 17.8. The molecule has 36 heavy (non-hydrogen) atoms. The Balaban J connectivity index is 1.11. The van der Waals surface area contributed by atoms with Crippen molar-refractivity contribution in [3.63, 3.8) is 0 Å². The number of fused-ring (bicyclic) bond motifs is 6. The monoisotopic (exact) mass is 494 g/mol. The minimum atomic E-state index is 1.20. The van der Waals surface area contributed by atoms with Gasteiger partial charge in [-0.05, 0) is 58.7 Å². The molecule has 0 atom stereocenters. The topological polar surface area (TPSA) is 0 Å². The predicted octanol–water partition coefficient (Wildman–Crippen LogP) is 10.8. The fraction of sp³-hybridized carbons (Fsp3) is 0. The maximum Gasteiger partial charge on any atom is 0.0355 e. The van der Waals surface area contributed by atoms with E-state index in [-0.39, 0.29) is 0 Å². The third kappa shape index (κ3) is 3.95. The summed E-state index contributed by atoms with van der Waals surface area (Å²) in [5.41, 5.74) is 4.86. The molecular weight excluding hydrogens is 473 g/mol. The minimum Gasteiger partial charge on any atom is -0.135 e. The third-order valence-electron chi connectivity index (χ3n) is 6.67. The van der Waals surface area contributed by atoms with E-state index in [1.165, 1.54) is 62.6 Å². The summed E-state index contributed by atoms with van der Waals surface area (Å²) in [7, 11) is 0. The molecule has 0 aliphatic carbocycles. The Morgan fingerprint density at radius 3 is 1.17 bits per heavy atom. The first kappa shape index (κ1) is 21.3. The summed E-state index contributed by atoms with van der Waals surface area (Å²) in [5.74, 6) is 0. The van der Waals surface area contributed by atoms with Gasteiger partial charge in [0.25, 0.3) is 0 Å². The van der Waals surface area contributed by atoms with Gasteiger partial charge in [0.15, 0.2) is 0 Å². The van der Waals surface area contributed by atoms with Crippen molar-refractivity contribution >= 4 is 87.3 Å². The van der Waals surface area contributed by atoms with Crippen molar-refractivity contribution in [3.05, 3.63) is 131 Å². The molecule has 0 spiro atoms. The van der Waals surface area contributed by atoms with Crippen LogP contribution in [0, 0.1) is 0 Å². The molecule has 0 radical (unpaired) electrons. The lowest BCUT2D eigenvalue weighted by Crippen LogP contribution is -1.76. The molecule has 0 unspecified atom stereocenters. The second-order valence-electron chi connectivity index (χ2n) is 9.04. The molecule has 0 fully saturated rings. The van der Waals surface area contributed by atoms with Gasteiger partial charge in [-0.2, -0.15) is 0 Å². The van der Waals surface area contributed by atoms with Crippen molar-refractivity contribution in [2.75, 3.05) is 0 Å². The smallest absolute Gasteiger partial charge is 0.0355 e. The molecule has 7 aromatic rings. The molecule has 0 saturated carbocycles. The SMILES string of the molecule is C(=C\c1ccc2sc3ccccc3c2c1)/c1ccc(/C=C/c2ccc3sc4ccccc4c3c2)cc1. The van der Waals surface area contributed by atoms with Gasteiger partial charge in [0.05, 0.1) is 0 Å². The van der Waals surface area contributed by atoms with Crippen LogP contribution >= 0.6 is 22.7 Å². The van der Waals surface area contributed by atoms with Crippen LogP contribution in [0.2, 0.25) is 0 Å². The molecular formula is C34H22S2. The Morgan fingerprint density at radius 2 is 0.694 bits per heavy atom. The fourth-order valence-electron chi connectivity index (χ4n) is 4.80. The number of rotatable bonds is 4. The molecule has 0 bridgehead atoms. The molecule has 2 heterocycles. The lowest BCUT2D eigenvalue weighted by atomic mass is 10.1. The molecule has 0 aliphatic heterocycles. The highest BCUT2D eigenvalue weighted by Crippen LogP contribution is 2.35. The quantitative estimate of drug-likeness (QED) is 0.213. The number of hydrogen-bond donors (Lipinski definition) is 0. The third-order valence-corrected chi connectivity index (χ3v) is 8.98.